The average molecular weight is 348 g/mol. The summed E-state index contributed by atoms with van der Waals surface area (Å²) in [7, 11) is 0. The molecule has 0 atom stereocenters. The lowest BCUT2D eigenvalue weighted by Crippen LogP contribution is -2.16. The van der Waals surface area contributed by atoms with Crippen LogP contribution >= 0.6 is 15.9 Å². The standard InChI is InChI=1S/C13H13BrF3N3/c1-5-4-8-9(6(2)10(5)14)11(20-18)7(3)12(19-8)13(15,16)17/h4H,18H2,1-3H3,(H,19,20). The summed E-state index contributed by atoms with van der Waals surface area (Å²) >= 11 is 3.43. The number of alkyl halides is 3. The molecule has 2 rings (SSSR count). The molecule has 0 spiro atoms. The molecule has 1 aromatic heterocycles. The van der Waals surface area contributed by atoms with Crippen molar-refractivity contribution in [2.24, 2.45) is 5.84 Å². The number of hydrogen-bond acceptors (Lipinski definition) is 3. The molecule has 3 nitrogen and oxygen atoms in total. The lowest BCUT2D eigenvalue weighted by molar-refractivity contribution is -0.141. The highest BCUT2D eigenvalue weighted by atomic mass is 79.9. The molecule has 0 radical (unpaired) electrons. The Kier molecular flexibility index (Phi) is 3.68. The Bertz CT molecular complexity index is 696. The van der Waals surface area contributed by atoms with Crippen LogP contribution in [0.5, 0.6) is 0 Å². The first-order valence-electron chi connectivity index (χ1n) is 5.82. The summed E-state index contributed by atoms with van der Waals surface area (Å²) in [4.78, 5) is 3.78. The van der Waals surface area contributed by atoms with Gasteiger partial charge in [-0.15, -0.1) is 0 Å². The summed E-state index contributed by atoms with van der Waals surface area (Å²) in [6.07, 6.45) is -4.52. The van der Waals surface area contributed by atoms with E-state index in [0.29, 0.717) is 5.39 Å². The monoisotopic (exact) mass is 347 g/mol. The second-order valence-electron chi connectivity index (χ2n) is 4.63. The number of hydrogen-bond donors (Lipinski definition) is 2. The number of nitrogens with one attached hydrogen (secondary N) is 1. The van der Waals surface area contributed by atoms with Crippen LogP contribution in [0.1, 0.15) is 22.4 Å². The van der Waals surface area contributed by atoms with Gasteiger partial charge in [-0.1, -0.05) is 15.9 Å². The first-order valence-corrected chi connectivity index (χ1v) is 6.61. The highest BCUT2D eigenvalue weighted by molar-refractivity contribution is 9.10. The van der Waals surface area contributed by atoms with Gasteiger partial charge >= 0.3 is 6.18 Å². The van der Waals surface area contributed by atoms with Gasteiger partial charge in [0.2, 0.25) is 0 Å². The van der Waals surface area contributed by atoms with Crippen LogP contribution in [0.25, 0.3) is 10.9 Å². The van der Waals surface area contributed by atoms with E-state index in [4.69, 9.17) is 5.84 Å². The van der Waals surface area contributed by atoms with E-state index in [1.807, 2.05) is 6.92 Å². The number of nitrogen functional groups attached to an aromatic ring is 1. The number of aromatic nitrogens is 1. The second kappa shape index (κ2) is 4.89. The third-order valence-corrected chi connectivity index (χ3v) is 4.51. The number of halogens is 4. The molecular formula is C13H13BrF3N3. The van der Waals surface area contributed by atoms with Gasteiger partial charge in [0.25, 0.3) is 0 Å². The number of benzene rings is 1. The smallest absolute Gasteiger partial charge is 0.323 e. The Morgan fingerprint density at radius 2 is 1.80 bits per heavy atom. The largest absolute Gasteiger partial charge is 0.433 e. The van der Waals surface area contributed by atoms with Gasteiger partial charge in [-0.25, -0.2) is 4.98 Å². The van der Waals surface area contributed by atoms with Crippen molar-refractivity contribution in [3.05, 3.63) is 32.9 Å². The molecule has 0 saturated carbocycles. The Balaban J connectivity index is 3.00. The lowest BCUT2D eigenvalue weighted by atomic mass is 10.0. The zero-order chi connectivity index (χ0) is 15.2. The van der Waals surface area contributed by atoms with Gasteiger partial charge in [0.1, 0.15) is 5.69 Å². The Labute approximate surface area is 122 Å². The van der Waals surface area contributed by atoms with Crippen molar-refractivity contribution >= 4 is 32.5 Å². The first kappa shape index (κ1) is 15.1. The van der Waals surface area contributed by atoms with E-state index in [2.05, 4.69) is 26.3 Å². The Morgan fingerprint density at radius 3 is 2.30 bits per heavy atom. The molecule has 0 unspecified atom stereocenters. The van der Waals surface area contributed by atoms with Crippen LogP contribution in [0.4, 0.5) is 18.9 Å². The van der Waals surface area contributed by atoms with Crippen LogP contribution in [0.3, 0.4) is 0 Å². The Hall–Kier alpha value is -1.34. The minimum Gasteiger partial charge on any atom is -0.323 e. The number of nitrogens with zero attached hydrogens (tertiary/aromatic N) is 1. The van der Waals surface area contributed by atoms with Crippen LogP contribution in [0, 0.1) is 20.8 Å². The Morgan fingerprint density at radius 1 is 1.20 bits per heavy atom. The van der Waals surface area contributed by atoms with E-state index < -0.39 is 11.9 Å². The van der Waals surface area contributed by atoms with Crippen LogP contribution in [0.2, 0.25) is 0 Å². The van der Waals surface area contributed by atoms with Crippen LogP contribution in [-0.2, 0) is 6.18 Å². The number of fused-ring (bicyclic) bond motifs is 1. The SMILES string of the molecule is Cc1cc2nc(C(F)(F)F)c(C)c(NN)c2c(C)c1Br. The average Bonchev–Trinajstić information content (AvgIpc) is 2.35. The predicted molar refractivity (Wildman–Crippen MR) is 76.5 cm³/mol. The molecule has 1 aromatic carbocycles. The van der Waals surface area contributed by atoms with Gasteiger partial charge in [0.05, 0.1) is 11.2 Å². The second-order valence-corrected chi connectivity index (χ2v) is 5.42. The fourth-order valence-corrected chi connectivity index (χ4v) is 2.62. The van der Waals surface area contributed by atoms with E-state index in [0.717, 1.165) is 15.6 Å². The highest BCUT2D eigenvalue weighted by Crippen LogP contribution is 2.40. The molecule has 0 saturated heterocycles. The van der Waals surface area contributed by atoms with Crippen molar-refractivity contribution in [1.82, 2.24) is 4.98 Å². The van der Waals surface area contributed by atoms with Gasteiger partial charge in [-0.05, 0) is 38.0 Å². The minimum absolute atomic E-state index is 0.00801. The van der Waals surface area contributed by atoms with E-state index >= 15 is 0 Å². The minimum atomic E-state index is -4.52. The maximum atomic E-state index is 13.0. The van der Waals surface area contributed by atoms with Crippen LogP contribution < -0.4 is 11.3 Å². The van der Waals surface area contributed by atoms with E-state index in [1.54, 1.807) is 13.0 Å². The predicted octanol–water partition coefficient (Wildman–Crippen LogP) is 4.23. The van der Waals surface area contributed by atoms with Gasteiger partial charge in [0.15, 0.2) is 0 Å². The van der Waals surface area contributed by atoms with Gasteiger partial charge in [-0.2, -0.15) is 13.2 Å². The number of rotatable bonds is 1. The van der Waals surface area contributed by atoms with Crippen molar-refractivity contribution in [1.29, 1.82) is 0 Å². The molecule has 1 heterocycles. The van der Waals surface area contributed by atoms with Crippen molar-refractivity contribution in [3.63, 3.8) is 0 Å². The molecule has 0 aliphatic heterocycles. The highest BCUT2D eigenvalue weighted by Gasteiger charge is 2.36. The normalized spacial score (nSPS) is 12.0. The quantitative estimate of drug-likeness (QED) is 0.599. The molecule has 20 heavy (non-hydrogen) atoms. The summed E-state index contributed by atoms with van der Waals surface area (Å²) in [5.41, 5.74) is 3.60. The molecule has 0 amide bonds. The molecule has 0 bridgehead atoms. The third kappa shape index (κ3) is 2.25. The number of pyridine rings is 1. The zero-order valence-electron chi connectivity index (χ0n) is 11.1. The van der Waals surface area contributed by atoms with Crippen molar-refractivity contribution in [3.8, 4) is 0 Å². The third-order valence-electron chi connectivity index (χ3n) is 3.29. The van der Waals surface area contributed by atoms with E-state index in [9.17, 15) is 13.2 Å². The molecule has 7 heteroatoms. The summed E-state index contributed by atoms with van der Waals surface area (Å²) in [6.45, 7) is 4.98. The van der Waals surface area contributed by atoms with Crippen molar-refractivity contribution < 1.29 is 13.2 Å². The summed E-state index contributed by atoms with van der Waals surface area (Å²) in [5.74, 6) is 5.43. The molecule has 0 aliphatic rings. The summed E-state index contributed by atoms with van der Waals surface area (Å²) in [6, 6.07) is 1.61. The van der Waals surface area contributed by atoms with E-state index in [1.165, 1.54) is 6.92 Å². The molecule has 3 N–H and O–H groups in total. The first-order chi connectivity index (χ1) is 9.18. The topological polar surface area (TPSA) is 50.9 Å². The van der Waals surface area contributed by atoms with Crippen LogP contribution in [-0.4, -0.2) is 4.98 Å². The zero-order valence-corrected chi connectivity index (χ0v) is 12.7. The van der Waals surface area contributed by atoms with Gasteiger partial charge < -0.3 is 5.43 Å². The van der Waals surface area contributed by atoms with Gasteiger partial charge in [0, 0.05) is 15.4 Å². The van der Waals surface area contributed by atoms with Crippen molar-refractivity contribution in [2.75, 3.05) is 5.43 Å². The summed E-state index contributed by atoms with van der Waals surface area (Å²) < 4.78 is 39.9. The van der Waals surface area contributed by atoms with E-state index in [-0.39, 0.29) is 16.8 Å². The molecule has 2 aromatic rings. The fraction of sp³-hybridized carbons (Fsp3) is 0.308. The molecule has 108 valence electrons. The maximum Gasteiger partial charge on any atom is 0.433 e. The molecular weight excluding hydrogens is 335 g/mol. The molecule has 0 aliphatic carbocycles. The van der Waals surface area contributed by atoms with Crippen molar-refractivity contribution in [2.45, 2.75) is 26.9 Å². The number of aryl methyl sites for hydroxylation is 2. The molecule has 0 fully saturated rings. The van der Waals surface area contributed by atoms with Gasteiger partial charge in [-0.3, -0.25) is 5.84 Å². The lowest BCUT2D eigenvalue weighted by Gasteiger charge is -2.18. The fourth-order valence-electron chi connectivity index (χ4n) is 2.31. The van der Waals surface area contributed by atoms with Crippen LogP contribution in [0.15, 0.2) is 10.5 Å². The summed E-state index contributed by atoms with van der Waals surface area (Å²) in [5, 5.41) is 0.593. The number of anilines is 1. The number of nitrogens with two attached hydrogens (primary N) is 1. The number of hydrazine groups is 1. The maximum absolute atomic E-state index is 13.0.